The van der Waals surface area contributed by atoms with E-state index < -0.39 is 0 Å². The van der Waals surface area contributed by atoms with Gasteiger partial charge in [0.05, 0.1) is 16.1 Å². The Morgan fingerprint density at radius 3 is 3.00 bits per heavy atom. The van der Waals surface area contributed by atoms with Gasteiger partial charge < -0.3 is 0 Å². The van der Waals surface area contributed by atoms with Crippen LogP contribution in [-0.4, -0.2) is 15.6 Å². The molecule has 0 spiro atoms. The fourth-order valence-electron chi connectivity index (χ4n) is 2.06. The molecule has 0 aliphatic rings. The number of aromatic nitrogens is 2. The topological polar surface area (TPSA) is 34.9 Å². The minimum atomic E-state index is -0.310. The molecule has 0 atom stereocenters. The second kappa shape index (κ2) is 5.00. The van der Waals surface area contributed by atoms with Crippen LogP contribution >= 0.6 is 22.9 Å². The summed E-state index contributed by atoms with van der Waals surface area (Å²) < 4.78 is 15.5. The van der Waals surface area contributed by atoms with Crippen molar-refractivity contribution in [1.82, 2.24) is 9.78 Å². The van der Waals surface area contributed by atoms with Crippen molar-refractivity contribution in [2.24, 2.45) is 0 Å². The van der Waals surface area contributed by atoms with E-state index in [1.807, 2.05) is 6.92 Å². The molecule has 2 heterocycles. The van der Waals surface area contributed by atoms with Gasteiger partial charge in [-0.05, 0) is 30.5 Å². The number of hydrogen-bond donors (Lipinski definition) is 0. The number of nitrogens with zero attached hydrogens (tertiary/aromatic N) is 2. The van der Waals surface area contributed by atoms with E-state index in [2.05, 4.69) is 5.10 Å². The highest BCUT2D eigenvalue weighted by molar-refractivity contribution is 7.21. The minimum absolute atomic E-state index is 0.184. The number of benzene rings is 1. The van der Waals surface area contributed by atoms with E-state index in [9.17, 15) is 9.18 Å². The number of ketones is 1. The molecule has 0 aliphatic heterocycles. The molecular weight excluding hydrogens is 299 g/mol. The largest absolute Gasteiger partial charge is 0.286 e. The first-order chi connectivity index (χ1) is 9.60. The first-order valence-electron chi connectivity index (χ1n) is 6.05. The molecule has 1 aromatic carbocycles. The normalized spacial score (nSPS) is 11.2. The van der Waals surface area contributed by atoms with E-state index in [1.165, 1.54) is 29.7 Å². The molecule has 20 heavy (non-hydrogen) atoms. The monoisotopic (exact) mass is 308 g/mol. The summed E-state index contributed by atoms with van der Waals surface area (Å²) in [6.45, 7) is 2.45. The zero-order valence-electron chi connectivity index (χ0n) is 10.6. The fraction of sp³-hybridized carbons (Fsp3) is 0.143. The Bertz CT molecular complexity index is 809. The number of thiophene rings is 1. The maximum atomic E-state index is 13.2. The summed E-state index contributed by atoms with van der Waals surface area (Å²) in [6, 6.07) is 6.23. The van der Waals surface area contributed by atoms with Gasteiger partial charge in [0.2, 0.25) is 5.78 Å². The lowest BCUT2D eigenvalue weighted by Gasteiger charge is -2.02. The standard InChI is InChI=1S/C14H10ClFN2OS/c1-2-18-13(10(15)7-17-18)14(19)12-5-8-3-4-9(16)6-11(8)20-12/h3-7H,2H2,1H3. The van der Waals surface area contributed by atoms with Crippen LogP contribution in [0.1, 0.15) is 22.3 Å². The average molecular weight is 309 g/mol. The molecule has 102 valence electrons. The van der Waals surface area contributed by atoms with Crippen LogP contribution in [0.5, 0.6) is 0 Å². The molecule has 0 unspecified atom stereocenters. The summed E-state index contributed by atoms with van der Waals surface area (Å²) in [5, 5.41) is 5.24. The van der Waals surface area contributed by atoms with Gasteiger partial charge in [-0.2, -0.15) is 5.10 Å². The van der Waals surface area contributed by atoms with Crippen LogP contribution in [0.25, 0.3) is 10.1 Å². The van der Waals surface area contributed by atoms with Crippen LogP contribution in [0.3, 0.4) is 0 Å². The van der Waals surface area contributed by atoms with Crippen LogP contribution in [0.4, 0.5) is 4.39 Å². The predicted octanol–water partition coefficient (Wildman–Crippen LogP) is 4.14. The molecule has 3 aromatic rings. The summed E-state index contributed by atoms with van der Waals surface area (Å²) in [5.41, 5.74) is 0.376. The van der Waals surface area contributed by atoms with Gasteiger partial charge in [0.1, 0.15) is 11.5 Å². The number of rotatable bonds is 3. The molecule has 0 saturated carbocycles. The third-order valence-electron chi connectivity index (χ3n) is 3.02. The minimum Gasteiger partial charge on any atom is -0.286 e. The van der Waals surface area contributed by atoms with Crippen LogP contribution in [-0.2, 0) is 6.54 Å². The van der Waals surface area contributed by atoms with E-state index in [4.69, 9.17) is 11.6 Å². The van der Waals surface area contributed by atoms with Crippen molar-refractivity contribution in [3.63, 3.8) is 0 Å². The summed E-state index contributed by atoms with van der Waals surface area (Å²) in [4.78, 5) is 13.1. The summed E-state index contributed by atoms with van der Waals surface area (Å²) in [6.07, 6.45) is 1.46. The van der Waals surface area contributed by atoms with Gasteiger partial charge in [-0.3, -0.25) is 9.48 Å². The predicted molar refractivity (Wildman–Crippen MR) is 78.1 cm³/mol. The fourth-order valence-corrected chi connectivity index (χ4v) is 3.32. The molecule has 0 aliphatic carbocycles. The van der Waals surface area contributed by atoms with Crippen LogP contribution in [0, 0.1) is 5.82 Å². The summed E-state index contributed by atoms with van der Waals surface area (Å²) >= 11 is 7.29. The lowest BCUT2D eigenvalue weighted by atomic mass is 10.2. The van der Waals surface area contributed by atoms with Crippen LogP contribution in [0.2, 0.25) is 5.02 Å². The van der Waals surface area contributed by atoms with Gasteiger partial charge in [-0.25, -0.2) is 4.39 Å². The van der Waals surface area contributed by atoms with Gasteiger partial charge in [0.15, 0.2) is 0 Å². The van der Waals surface area contributed by atoms with E-state index in [0.717, 1.165) is 10.1 Å². The highest BCUT2D eigenvalue weighted by Gasteiger charge is 2.20. The third kappa shape index (κ3) is 2.13. The highest BCUT2D eigenvalue weighted by atomic mass is 35.5. The van der Waals surface area contributed by atoms with Gasteiger partial charge >= 0.3 is 0 Å². The maximum absolute atomic E-state index is 13.2. The second-order valence-corrected chi connectivity index (χ2v) is 5.77. The van der Waals surface area contributed by atoms with Gasteiger partial charge in [-0.1, -0.05) is 17.7 Å². The zero-order valence-corrected chi connectivity index (χ0v) is 12.1. The Kier molecular flexibility index (Phi) is 3.31. The Balaban J connectivity index is 2.10. The number of hydrogen-bond acceptors (Lipinski definition) is 3. The number of fused-ring (bicyclic) bond motifs is 1. The van der Waals surface area contributed by atoms with Crippen molar-refractivity contribution in [1.29, 1.82) is 0 Å². The molecule has 3 rings (SSSR count). The summed E-state index contributed by atoms with van der Waals surface area (Å²) in [5.74, 6) is -0.495. The van der Waals surface area contributed by atoms with Gasteiger partial charge in [0, 0.05) is 11.2 Å². The maximum Gasteiger partial charge on any atom is 0.222 e. The number of carbonyl (C=O) groups is 1. The quantitative estimate of drug-likeness (QED) is 0.682. The van der Waals surface area contributed by atoms with E-state index in [1.54, 1.807) is 16.8 Å². The first kappa shape index (κ1) is 13.3. The van der Waals surface area contributed by atoms with Crippen LogP contribution in [0.15, 0.2) is 30.5 Å². The van der Waals surface area contributed by atoms with Crippen molar-refractivity contribution in [3.05, 3.63) is 51.9 Å². The molecule has 2 aromatic heterocycles. The number of halogens is 2. The smallest absolute Gasteiger partial charge is 0.222 e. The summed E-state index contributed by atoms with van der Waals surface area (Å²) in [7, 11) is 0. The second-order valence-electron chi connectivity index (χ2n) is 4.28. The van der Waals surface area contributed by atoms with Crippen molar-refractivity contribution in [3.8, 4) is 0 Å². The van der Waals surface area contributed by atoms with Crippen LogP contribution < -0.4 is 0 Å². The Hall–Kier alpha value is -1.72. The van der Waals surface area contributed by atoms with E-state index >= 15 is 0 Å². The van der Waals surface area contributed by atoms with Gasteiger partial charge in [-0.15, -0.1) is 11.3 Å². The van der Waals surface area contributed by atoms with Crippen molar-refractivity contribution in [2.45, 2.75) is 13.5 Å². The van der Waals surface area contributed by atoms with E-state index in [0.29, 0.717) is 22.1 Å². The van der Waals surface area contributed by atoms with E-state index in [-0.39, 0.29) is 11.6 Å². The Labute approximate surface area is 123 Å². The SMILES string of the molecule is CCn1ncc(Cl)c1C(=O)c1cc2ccc(F)cc2s1. The molecule has 0 fully saturated rings. The lowest BCUT2D eigenvalue weighted by molar-refractivity contribution is 0.103. The molecule has 0 saturated heterocycles. The van der Waals surface area contributed by atoms with Crippen molar-refractivity contribution < 1.29 is 9.18 Å². The zero-order chi connectivity index (χ0) is 14.3. The number of aryl methyl sites for hydroxylation is 1. The van der Waals surface area contributed by atoms with Gasteiger partial charge in [0.25, 0.3) is 0 Å². The highest BCUT2D eigenvalue weighted by Crippen LogP contribution is 2.29. The molecule has 0 bridgehead atoms. The molecule has 0 radical (unpaired) electrons. The molecule has 3 nitrogen and oxygen atoms in total. The van der Waals surface area contributed by atoms with Crippen molar-refractivity contribution in [2.75, 3.05) is 0 Å². The molecule has 6 heteroatoms. The third-order valence-corrected chi connectivity index (χ3v) is 4.39. The Morgan fingerprint density at radius 2 is 2.25 bits per heavy atom. The molecule has 0 N–H and O–H groups in total. The molecular formula is C14H10ClFN2OS. The Morgan fingerprint density at radius 1 is 1.45 bits per heavy atom. The average Bonchev–Trinajstić information content (AvgIpc) is 3.00. The first-order valence-corrected chi connectivity index (χ1v) is 7.24. The lowest BCUT2D eigenvalue weighted by Crippen LogP contribution is -2.09. The van der Waals surface area contributed by atoms with Crippen molar-refractivity contribution >= 4 is 38.8 Å². The molecule has 0 amide bonds. The number of carbonyl (C=O) groups excluding carboxylic acids is 1.